The lowest BCUT2D eigenvalue weighted by atomic mass is 9.95. The molecule has 3 rings (SSSR count). The summed E-state index contributed by atoms with van der Waals surface area (Å²) in [6, 6.07) is 11.6. The highest BCUT2D eigenvalue weighted by Gasteiger charge is 2.32. The molecule has 2 nitrogen and oxygen atoms in total. The molecule has 1 atom stereocenters. The van der Waals surface area contributed by atoms with Crippen LogP contribution >= 0.6 is 0 Å². The van der Waals surface area contributed by atoms with Crippen LogP contribution in [0.2, 0.25) is 0 Å². The van der Waals surface area contributed by atoms with Crippen LogP contribution in [0.15, 0.2) is 30.3 Å². The summed E-state index contributed by atoms with van der Waals surface area (Å²) >= 11 is 0. The summed E-state index contributed by atoms with van der Waals surface area (Å²) in [5.74, 6) is 1.76. The molecular formula is C18H28N2. The Bertz CT molecular complexity index is 391. The standard InChI is InChI=1S/C18H28N2/c1-2-20-12-10-15(11-13-20)14-19-18(17-8-9-17)16-6-4-3-5-7-16/h3-7,15,17-19H,2,8-14H2,1H3. The van der Waals surface area contributed by atoms with Crippen molar-refractivity contribution in [3.8, 4) is 0 Å². The van der Waals surface area contributed by atoms with Crippen molar-refractivity contribution in [2.45, 2.75) is 38.6 Å². The lowest BCUT2D eigenvalue weighted by molar-refractivity contribution is 0.186. The van der Waals surface area contributed by atoms with Crippen molar-refractivity contribution in [2.75, 3.05) is 26.2 Å². The number of piperidine rings is 1. The van der Waals surface area contributed by atoms with Gasteiger partial charge in [-0.3, -0.25) is 0 Å². The second-order valence-electron chi connectivity index (χ2n) is 6.51. The molecule has 1 aliphatic carbocycles. The van der Waals surface area contributed by atoms with Crippen LogP contribution in [0, 0.1) is 11.8 Å². The fourth-order valence-corrected chi connectivity index (χ4v) is 3.45. The lowest BCUT2D eigenvalue weighted by Gasteiger charge is -2.32. The van der Waals surface area contributed by atoms with Crippen molar-refractivity contribution in [3.05, 3.63) is 35.9 Å². The van der Waals surface area contributed by atoms with Crippen LogP contribution in [0.3, 0.4) is 0 Å². The number of rotatable bonds is 6. The topological polar surface area (TPSA) is 15.3 Å². The average Bonchev–Trinajstić information content (AvgIpc) is 3.34. The van der Waals surface area contributed by atoms with Crippen LogP contribution in [0.4, 0.5) is 0 Å². The summed E-state index contributed by atoms with van der Waals surface area (Å²) in [5.41, 5.74) is 1.49. The highest BCUT2D eigenvalue weighted by molar-refractivity contribution is 5.21. The zero-order valence-electron chi connectivity index (χ0n) is 12.7. The minimum Gasteiger partial charge on any atom is -0.309 e. The molecule has 2 fully saturated rings. The van der Waals surface area contributed by atoms with E-state index in [-0.39, 0.29) is 0 Å². The van der Waals surface area contributed by atoms with E-state index in [0.717, 1.165) is 11.8 Å². The molecule has 1 aliphatic heterocycles. The van der Waals surface area contributed by atoms with Crippen molar-refractivity contribution in [1.29, 1.82) is 0 Å². The molecule has 1 saturated heterocycles. The van der Waals surface area contributed by atoms with E-state index in [9.17, 15) is 0 Å². The van der Waals surface area contributed by atoms with Gasteiger partial charge in [0.25, 0.3) is 0 Å². The maximum absolute atomic E-state index is 3.88. The van der Waals surface area contributed by atoms with E-state index >= 15 is 0 Å². The van der Waals surface area contributed by atoms with Crippen LogP contribution in [0.1, 0.15) is 44.2 Å². The predicted molar refractivity (Wildman–Crippen MR) is 84.7 cm³/mol. The lowest BCUT2D eigenvalue weighted by Crippen LogP contribution is -2.38. The molecule has 1 saturated carbocycles. The minimum absolute atomic E-state index is 0.598. The Morgan fingerprint density at radius 1 is 1.10 bits per heavy atom. The predicted octanol–water partition coefficient (Wildman–Crippen LogP) is 3.46. The van der Waals surface area contributed by atoms with E-state index in [1.807, 2.05) is 0 Å². The third-order valence-electron chi connectivity index (χ3n) is 5.03. The largest absolute Gasteiger partial charge is 0.309 e. The Balaban J connectivity index is 1.51. The van der Waals surface area contributed by atoms with Gasteiger partial charge >= 0.3 is 0 Å². The van der Waals surface area contributed by atoms with Crippen LogP contribution in [-0.4, -0.2) is 31.1 Å². The highest BCUT2D eigenvalue weighted by Crippen LogP contribution is 2.41. The van der Waals surface area contributed by atoms with Gasteiger partial charge in [-0.1, -0.05) is 37.3 Å². The van der Waals surface area contributed by atoms with Gasteiger partial charge in [0.2, 0.25) is 0 Å². The monoisotopic (exact) mass is 272 g/mol. The van der Waals surface area contributed by atoms with E-state index in [0.29, 0.717) is 6.04 Å². The van der Waals surface area contributed by atoms with Gasteiger partial charge in [-0.2, -0.15) is 0 Å². The zero-order valence-corrected chi connectivity index (χ0v) is 12.7. The van der Waals surface area contributed by atoms with E-state index in [4.69, 9.17) is 0 Å². The van der Waals surface area contributed by atoms with Gasteiger partial charge in [-0.15, -0.1) is 0 Å². The second-order valence-corrected chi connectivity index (χ2v) is 6.51. The Morgan fingerprint density at radius 3 is 2.40 bits per heavy atom. The third kappa shape index (κ3) is 3.62. The molecule has 2 aliphatic rings. The molecule has 2 heteroatoms. The molecule has 0 bridgehead atoms. The van der Waals surface area contributed by atoms with Crippen molar-refractivity contribution in [3.63, 3.8) is 0 Å². The summed E-state index contributed by atoms with van der Waals surface area (Å²) in [6.07, 6.45) is 5.54. The van der Waals surface area contributed by atoms with Crippen molar-refractivity contribution in [1.82, 2.24) is 10.2 Å². The number of hydrogen-bond donors (Lipinski definition) is 1. The van der Waals surface area contributed by atoms with Crippen molar-refractivity contribution in [2.24, 2.45) is 11.8 Å². The smallest absolute Gasteiger partial charge is 0.0348 e. The number of benzene rings is 1. The molecular weight excluding hydrogens is 244 g/mol. The quantitative estimate of drug-likeness (QED) is 0.853. The van der Waals surface area contributed by atoms with Gasteiger partial charge in [0.15, 0.2) is 0 Å². The number of hydrogen-bond acceptors (Lipinski definition) is 2. The molecule has 0 aromatic heterocycles. The van der Waals surface area contributed by atoms with Crippen LogP contribution in [0.25, 0.3) is 0 Å². The first-order valence-electron chi connectivity index (χ1n) is 8.37. The normalized spacial score (nSPS) is 22.9. The fraction of sp³-hybridized carbons (Fsp3) is 0.667. The first-order chi connectivity index (χ1) is 9.86. The van der Waals surface area contributed by atoms with Crippen molar-refractivity contribution >= 4 is 0 Å². The molecule has 1 heterocycles. The second kappa shape index (κ2) is 6.73. The minimum atomic E-state index is 0.598. The molecule has 0 amide bonds. The number of nitrogens with zero attached hydrogens (tertiary/aromatic N) is 1. The van der Waals surface area contributed by atoms with Crippen LogP contribution in [-0.2, 0) is 0 Å². The summed E-state index contributed by atoms with van der Waals surface area (Å²) in [5, 5.41) is 3.88. The van der Waals surface area contributed by atoms with Gasteiger partial charge < -0.3 is 10.2 Å². The summed E-state index contributed by atoms with van der Waals surface area (Å²) in [7, 11) is 0. The van der Waals surface area contributed by atoms with E-state index in [1.165, 1.54) is 57.4 Å². The first-order valence-corrected chi connectivity index (χ1v) is 8.37. The first kappa shape index (κ1) is 14.1. The molecule has 1 unspecified atom stereocenters. The summed E-state index contributed by atoms with van der Waals surface area (Å²) in [6.45, 7) is 7.28. The maximum atomic E-state index is 3.88. The molecule has 110 valence electrons. The van der Waals surface area contributed by atoms with E-state index in [1.54, 1.807) is 0 Å². The van der Waals surface area contributed by atoms with Crippen LogP contribution in [0.5, 0.6) is 0 Å². The fourth-order valence-electron chi connectivity index (χ4n) is 3.45. The SMILES string of the molecule is CCN1CCC(CNC(c2ccccc2)C2CC2)CC1. The molecule has 0 spiro atoms. The van der Waals surface area contributed by atoms with Crippen molar-refractivity contribution < 1.29 is 0 Å². The highest BCUT2D eigenvalue weighted by atomic mass is 15.1. The van der Waals surface area contributed by atoms with E-state index in [2.05, 4.69) is 47.5 Å². The van der Waals surface area contributed by atoms with Gasteiger partial charge in [-0.05, 0) is 69.3 Å². The summed E-state index contributed by atoms with van der Waals surface area (Å²) in [4.78, 5) is 2.58. The van der Waals surface area contributed by atoms with Gasteiger partial charge in [0.05, 0.1) is 0 Å². The van der Waals surface area contributed by atoms with Gasteiger partial charge in [0.1, 0.15) is 0 Å². The Labute approximate surface area is 123 Å². The molecule has 1 aromatic rings. The molecule has 1 aromatic carbocycles. The zero-order chi connectivity index (χ0) is 13.8. The average molecular weight is 272 g/mol. The molecule has 20 heavy (non-hydrogen) atoms. The summed E-state index contributed by atoms with van der Waals surface area (Å²) < 4.78 is 0. The van der Waals surface area contributed by atoms with Crippen LogP contribution < -0.4 is 5.32 Å². The van der Waals surface area contributed by atoms with E-state index < -0.39 is 0 Å². The Hall–Kier alpha value is -0.860. The number of nitrogens with one attached hydrogen (secondary N) is 1. The molecule has 1 N–H and O–H groups in total. The van der Waals surface area contributed by atoms with Gasteiger partial charge in [0, 0.05) is 6.04 Å². The maximum Gasteiger partial charge on any atom is 0.0348 e. The Kier molecular flexibility index (Phi) is 4.74. The third-order valence-corrected chi connectivity index (χ3v) is 5.03. The number of likely N-dealkylation sites (tertiary alicyclic amines) is 1. The van der Waals surface area contributed by atoms with Gasteiger partial charge in [-0.25, -0.2) is 0 Å². The Morgan fingerprint density at radius 2 is 1.80 bits per heavy atom. The molecule has 0 radical (unpaired) electrons.